The average Bonchev–Trinajstić information content (AvgIpc) is 3.07. The van der Waals surface area contributed by atoms with Crippen molar-refractivity contribution in [2.24, 2.45) is 5.92 Å². The van der Waals surface area contributed by atoms with Crippen molar-refractivity contribution in [2.45, 2.75) is 32.4 Å². The second-order valence-corrected chi connectivity index (χ2v) is 6.99. The van der Waals surface area contributed by atoms with E-state index in [4.69, 9.17) is 0 Å². The van der Waals surface area contributed by atoms with Crippen LogP contribution in [0.3, 0.4) is 0 Å². The molecule has 0 radical (unpaired) electrons. The van der Waals surface area contributed by atoms with Crippen molar-refractivity contribution in [1.29, 1.82) is 0 Å². The van der Waals surface area contributed by atoms with Crippen LogP contribution in [-0.4, -0.2) is 46.6 Å². The maximum Gasteiger partial charge on any atom is 0.471 e. The predicted octanol–water partition coefficient (Wildman–Crippen LogP) is 3.47. The number of likely N-dealkylation sites (tertiary alicyclic amines) is 1. The summed E-state index contributed by atoms with van der Waals surface area (Å²) in [6.07, 6.45) is -2.95. The molecule has 1 N–H and O–H groups in total. The van der Waals surface area contributed by atoms with Crippen molar-refractivity contribution >= 4 is 33.3 Å². The lowest BCUT2D eigenvalue weighted by atomic mass is 9.96. The van der Waals surface area contributed by atoms with Crippen LogP contribution in [0.5, 0.6) is 0 Å². The number of aryl methyl sites for hydroxylation is 1. The number of anilines is 1. The van der Waals surface area contributed by atoms with Crippen LogP contribution in [0.25, 0.3) is 10.2 Å². The quantitative estimate of drug-likeness (QED) is 0.893. The Morgan fingerprint density at radius 1 is 1.36 bits per heavy atom. The molecule has 0 atom stereocenters. The van der Waals surface area contributed by atoms with Gasteiger partial charge in [0.05, 0.1) is 5.39 Å². The zero-order valence-corrected chi connectivity index (χ0v) is 14.6. The number of nitrogens with zero attached hydrogens (tertiary/aromatic N) is 3. The number of amides is 1. The van der Waals surface area contributed by atoms with E-state index in [1.807, 2.05) is 18.4 Å². The molecule has 1 fully saturated rings. The Balaban J connectivity index is 1.59. The van der Waals surface area contributed by atoms with Crippen LogP contribution in [0.1, 0.15) is 25.6 Å². The molecule has 1 aliphatic rings. The number of carbonyl (C=O) groups excluding carboxylic acids is 1. The summed E-state index contributed by atoms with van der Waals surface area (Å²) < 4.78 is 37.4. The Labute approximate surface area is 147 Å². The van der Waals surface area contributed by atoms with Crippen LogP contribution in [0.4, 0.5) is 19.0 Å². The number of carbonyl (C=O) groups is 1. The van der Waals surface area contributed by atoms with Gasteiger partial charge < -0.3 is 10.2 Å². The minimum Gasteiger partial charge on any atom is -0.369 e. The molecule has 0 saturated carbocycles. The van der Waals surface area contributed by atoms with Gasteiger partial charge in [-0.15, -0.1) is 11.3 Å². The lowest BCUT2D eigenvalue weighted by Crippen LogP contribution is -2.46. The van der Waals surface area contributed by atoms with Crippen molar-refractivity contribution in [3.63, 3.8) is 0 Å². The molecule has 3 heterocycles. The van der Waals surface area contributed by atoms with Crippen LogP contribution in [0, 0.1) is 5.92 Å². The number of nitrogens with one attached hydrogen (secondary N) is 1. The van der Waals surface area contributed by atoms with Gasteiger partial charge in [0.15, 0.2) is 0 Å². The smallest absolute Gasteiger partial charge is 0.369 e. The molecule has 1 amide bonds. The van der Waals surface area contributed by atoms with Crippen LogP contribution < -0.4 is 5.32 Å². The molecule has 0 aliphatic carbocycles. The number of hydrogen-bond acceptors (Lipinski definition) is 5. The Kier molecular flexibility index (Phi) is 5.12. The summed E-state index contributed by atoms with van der Waals surface area (Å²) in [5.74, 6) is 0.0215. The SMILES string of the molecule is CCc1nc(NCC2CCN(C(=O)C(F)(F)F)CC2)c2ccsc2n1. The van der Waals surface area contributed by atoms with Gasteiger partial charge in [-0.1, -0.05) is 6.92 Å². The summed E-state index contributed by atoms with van der Waals surface area (Å²) >= 11 is 1.56. The first kappa shape index (κ1) is 17.9. The molecule has 2 aromatic rings. The lowest BCUT2D eigenvalue weighted by Gasteiger charge is -2.32. The molecule has 2 aromatic heterocycles. The molecule has 5 nitrogen and oxygen atoms in total. The van der Waals surface area contributed by atoms with Crippen molar-refractivity contribution in [2.75, 3.05) is 25.0 Å². The average molecular weight is 372 g/mol. The van der Waals surface area contributed by atoms with Crippen molar-refractivity contribution in [1.82, 2.24) is 14.9 Å². The van der Waals surface area contributed by atoms with E-state index in [0.29, 0.717) is 19.4 Å². The summed E-state index contributed by atoms with van der Waals surface area (Å²) in [6.45, 7) is 2.90. The monoisotopic (exact) mass is 372 g/mol. The molecular formula is C16H19F3N4OS. The van der Waals surface area contributed by atoms with E-state index in [0.717, 1.165) is 33.2 Å². The number of thiophene rings is 1. The first-order valence-corrected chi connectivity index (χ1v) is 9.10. The van der Waals surface area contributed by atoms with Gasteiger partial charge in [-0.05, 0) is 30.2 Å². The maximum atomic E-state index is 12.5. The van der Waals surface area contributed by atoms with Gasteiger partial charge >= 0.3 is 12.1 Å². The van der Waals surface area contributed by atoms with Gasteiger partial charge in [-0.3, -0.25) is 4.79 Å². The highest BCUT2D eigenvalue weighted by Crippen LogP contribution is 2.27. The second kappa shape index (κ2) is 7.15. The van der Waals surface area contributed by atoms with E-state index in [9.17, 15) is 18.0 Å². The second-order valence-electron chi connectivity index (χ2n) is 6.10. The van der Waals surface area contributed by atoms with Gasteiger partial charge in [-0.2, -0.15) is 13.2 Å². The molecule has 1 aliphatic heterocycles. The van der Waals surface area contributed by atoms with E-state index < -0.39 is 12.1 Å². The van der Waals surface area contributed by atoms with E-state index in [1.54, 1.807) is 11.3 Å². The summed E-state index contributed by atoms with van der Waals surface area (Å²) in [6, 6.07) is 1.96. The number of aromatic nitrogens is 2. The Morgan fingerprint density at radius 3 is 2.72 bits per heavy atom. The molecule has 0 bridgehead atoms. The third-order valence-electron chi connectivity index (χ3n) is 4.39. The zero-order chi connectivity index (χ0) is 18.0. The molecule has 1 saturated heterocycles. The van der Waals surface area contributed by atoms with Gasteiger partial charge in [0.1, 0.15) is 16.5 Å². The summed E-state index contributed by atoms with van der Waals surface area (Å²) in [5.41, 5.74) is 0. The highest BCUT2D eigenvalue weighted by atomic mass is 32.1. The molecular weight excluding hydrogens is 353 g/mol. The third kappa shape index (κ3) is 4.02. The number of fused-ring (bicyclic) bond motifs is 1. The van der Waals surface area contributed by atoms with Gasteiger partial charge in [0, 0.05) is 26.1 Å². The van der Waals surface area contributed by atoms with Gasteiger partial charge in [0.25, 0.3) is 0 Å². The predicted molar refractivity (Wildman–Crippen MR) is 90.6 cm³/mol. The van der Waals surface area contributed by atoms with E-state index in [-0.39, 0.29) is 19.0 Å². The fourth-order valence-corrected chi connectivity index (χ4v) is 3.74. The maximum absolute atomic E-state index is 12.5. The largest absolute Gasteiger partial charge is 0.471 e. The highest BCUT2D eigenvalue weighted by Gasteiger charge is 2.43. The molecule has 25 heavy (non-hydrogen) atoms. The lowest BCUT2D eigenvalue weighted by molar-refractivity contribution is -0.186. The normalized spacial score (nSPS) is 16.4. The van der Waals surface area contributed by atoms with Crippen molar-refractivity contribution in [3.05, 3.63) is 17.3 Å². The van der Waals surface area contributed by atoms with Crippen molar-refractivity contribution in [3.8, 4) is 0 Å². The van der Waals surface area contributed by atoms with Gasteiger partial charge in [0.2, 0.25) is 0 Å². The van der Waals surface area contributed by atoms with Crippen LogP contribution in [0.15, 0.2) is 11.4 Å². The van der Waals surface area contributed by atoms with E-state index in [1.165, 1.54) is 0 Å². The first-order chi connectivity index (χ1) is 11.9. The Morgan fingerprint density at radius 2 is 2.08 bits per heavy atom. The molecule has 9 heteroatoms. The molecule has 0 spiro atoms. The summed E-state index contributed by atoms with van der Waals surface area (Å²) in [4.78, 5) is 22.1. The van der Waals surface area contributed by atoms with Crippen LogP contribution >= 0.6 is 11.3 Å². The fraction of sp³-hybridized carbons (Fsp3) is 0.562. The van der Waals surface area contributed by atoms with E-state index in [2.05, 4.69) is 15.3 Å². The Hall–Kier alpha value is -1.90. The zero-order valence-electron chi connectivity index (χ0n) is 13.8. The molecule has 136 valence electrons. The standard InChI is InChI=1S/C16H19F3N4OS/c1-2-12-21-13(11-5-8-25-14(11)22-12)20-9-10-3-6-23(7-4-10)15(24)16(17,18)19/h5,8,10H,2-4,6-7,9H2,1H3,(H,20,21,22). The molecule has 0 aromatic carbocycles. The molecule has 0 unspecified atom stereocenters. The van der Waals surface area contributed by atoms with Crippen LogP contribution in [0.2, 0.25) is 0 Å². The summed E-state index contributed by atoms with van der Waals surface area (Å²) in [7, 11) is 0. The minimum atomic E-state index is -4.78. The topological polar surface area (TPSA) is 58.1 Å². The number of halogens is 3. The Bertz CT molecular complexity index is 753. The number of hydrogen-bond donors (Lipinski definition) is 1. The van der Waals surface area contributed by atoms with Crippen molar-refractivity contribution < 1.29 is 18.0 Å². The van der Waals surface area contributed by atoms with E-state index >= 15 is 0 Å². The first-order valence-electron chi connectivity index (χ1n) is 8.22. The number of rotatable bonds is 4. The minimum absolute atomic E-state index is 0.141. The fourth-order valence-electron chi connectivity index (χ4n) is 2.95. The summed E-state index contributed by atoms with van der Waals surface area (Å²) in [5, 5.41) is 6.25. The molecule has 3 rings (SSSR count). The highest BCUT2D eigenvalue weighted by molar-refractivity contribution is 7.16. The van der Waals surface area contributed by atoms with Gasteiger partial charge in [-0.25, -0.2) is 9.97 Å². The third-order valence-corrected chi connectivity index (χ3v) is 5.20. The van der Waals surface area contributed by atoms with Crippen LogP contribution in [-0.2, 0) is 11.2 Å². The number of alkyl halides is 3. The number of piperidine rings is 1.